The van der Waals surface area contributed by atoms with E-state index >= 15 is 0 Å². The summed E-state index contributed by atoms with van der Waals surface area (Å²) >= 11 is 3.66. The average Bonchev–Trinajstić information content (AvgIpc) is 3.21. The van der Waals surface area contributed by atoms with Crippen LogP contribution in [0.2, 0.25) is 0 Å². The molecule has 0 spiro atoms. The Morgan fingerprint density at radius 2 is 2.11 bits per heavy atom. The highest BCUT2D eigenvalue weighted by atomic mass is 79.9. The quantitative estimate of drug-likeness (QED) is 0.791. The second-order valence-electron chi connectivity index (χ2n) is 5.18. The summed E-state index contributed by atoms with van der Waals surface area (Å²) in [7, 11) is 0. The Labute approximate surface area is 124 Å². The fraction of sp³-hybridized carbons (Fsp3) is 0.714. The molecule has 0 unspecified atom stereocenters. The number of hydrogen-bond donors (Lipinski definition) is 1. The molecule has 1 aromatic rings. The molecule has 1 fully saturated rings. The maximum atomic E-state index is 4.47. The van der Waals surface area contributed by atoms with Crippen LogP contribution in [0.4, 0.5) is 11.6 Å². The highest BCUT2D eigenvalue weighted by Gasteiger charge is 2.26. The SMILES string of the molecule is CCCNc1ncnc(N(CCC)CC2CC2)c1Br. The van der Waals surface area contributed by atoms with E-state index in [9.17, 15) is 0 Å². The molecular formula is C14H23BrN4. The topological polar surface area (TPSA) is 41.1 Å². The molecule has 1 heterocycles. The van der Waals surface area contributed by atoms with Gasteiger partial charge in [-0.1, -0.05) is 13.8 Å². The van der Waals surface area contributed by atoms with Gasteiger partial charge in [-0.2, -0.15) is 0 Å². The number of rotatable bonds is 8. The minimum atomic E-state index is 0.862. The predicted molar refractivity (Wildman–Crippen MR) is 83.7 cm³/mol. The third-order valence-electron chi connectivity index (χ3n) is 3.28. The van der Waals surface area contributed by atoms with E-state index < -0.39 is 0 Å². The van der Waals surface area contributed by atoms with Gasteiger partial charge in [-0.25, -0.2) is 9.97 Å². The van der Waals surface area contributed by atoms with Gasteiger partial charge in [0.2, 0.25) is 0 Å². The number of anilines is 2. The van der Waals surface area contributed by atoms with Crippen molar-refractivity contribution in [2.45, 2.75) is 39.5 Å². The number of nitrogens with one attached hydrogen (secondary N) is 1. The van der Waals surface area contributed by atoms with Crippen LogP contribution < -0.4 is 10.2 Å². The van der Waals surface area contributed by atoms with Crippen molar-refractivity contribution in [3.63, 3.8) is 0 Å². The van der Waals surface area contributed by atoms with Crippen molar-refractivity contribution >= 4 is 27.6 Å². The van der Waals surface area contributed by atoms with E-state index in [2.05, 4.69) is 50.0 Å². The summed E-state index contributed by atoms with van der Waals surface area (Å²) < 4.78 is 0.998. The van der Waals surface area contributed by atoms with E-state index in [0.29, 0.717) is 0 Å². The zero-order chi connectivity index (χ0) is 13.7. The number of aromatic nitrogens is 2. The number of hydrogen-bond acceptors (Lipinski definition) is 4. The van der Waals surface area contributed by atoms with Gasteiger partial charge in [-0.05, 0) is 47.5 Å². The van der Waals surface area contributed by atoms with Gasteiger partial charge in [0.1, 0.15) is 22.4 Å². The number of halogens is 1. The Kier molecular flexibility index (Phi) is 5.43. The second kappa shape index (κ2) is 7.08. The molecule has 0 aliphatic heterocycles. The Hall–Kier alpha value is -0.840. The van der Waals surface area contributed by atoms with Crippen LogP contribution in [0.25, 0.3) is 0 Å². The Bertz CT molecular complexity index is 406. The summed E-state index contributed by atoms with van der Waals surface area (Å²) in [5.41, 5.74) is 0. The molecule has 1 aromatic heterocycles. The first kappa shape index (κ1) is 14.6. The average molecular weight is 327 g/mol. The standard InChI is InChI=1S/C14H23BrN4/c1-3-7-16-13-12(15)14(18-10-17-13)19(8-4-2)9-11-5-6-11/h10-11H,3-9H2,1-2H3,(H,16,17,18). The molecule has 19 heavy (non-hydrogen) atoms. The molecule has 0 atom stereocenters. The van der Waals surface area contributed by atoms with E-state index in [4.69, 9.17) is 0 Å². The molecule has 5 heteroatoms. The monoisotopic (exact) mass is 326 g/mol. The lowest BCUT2D eigenvalue weighted by molar-refractivity contribution is 0.696. The summed E-state index contributed by atoms with van der Waals surface area (Å²) in [6.45, 7) is 7.48. The molecular weight excluding hydrogens is 304 g/mol. The fourth-order valence-electron chi connectivity index (χ4n) is 2.11. The third kappa shape index (κ3) is 4.06. The normalized spacial score (nSPS) is 14.5. The summed E-state index contributed by atoms with van der Waals surface area (Å²) in [6, 6.07) is 0. The van der Waals surface area contributed by atoms with Crippen LogP contribution >= 0.6 is 15.9 Å². The first-order valence-corrected chi connectivity index (χ1v) is 8.04. The predicted octanol–water partition coefficient (Wildman–Crippen LogP) is 3.69. The van der Waals surface area contributed by atoms with Crippen molar-refractivity contribution in [2.75, 3.05) is 29.9 Å². The van der Waals surface area contributed by atoms with Gasteiger partial charge in [0.25, 0.3) is 0 Å². The van der Waals surface area contributed by atoms with Crippen molar-refractivity contribution in [1.82, 2.24) is 9.97 Å². The highest BCUT2D eigenvalue weighted by Crippen LogP contribution is 2.34. The fourth-order valence-corrected chi connectivity index (χ4v) is 2.71. The smallest absolute Gasteiger partial charge is 0.148 e. The maximum Gasteiger partial charge on any atom is 0.148 e. The zero-order valence-corrected chi connectivity index (χ0v) is 13.4. The molecule has 0 amide bonds. The van der Waals surface area contributed by atoms with Gasteiger partial charge in [-0.15, -0.1) is 0 Å². The van der Waals surface area contributed by atoms with Gasteiger partial charge >= 0.3 is 0 Å². The van der Waals surface area contributed by atoms with E-state index in [1.54, 1.807) is 6.33 Å². The van der Waals surface area contributed by atoms with Gasteiger partial charge in [-0.3, -0.25) is 0 Å². The summed E-state index contributed by atoms with van der Waals surface area (Å²) in [5.74, 6) is 2.80. The lowest BCUT2D eigenvalue weighted by Gasteiger charge is -2.24. The van der Waals surface area contributed by atoms with Gasteiger partial charge in [0.05, 0.1) is 0 Å². The molecule has 0 saturated heterocycles. The molecule has 0 radical (unpaired) electrons. The lowest BCUT2D eigenvalue weighted by atomic mass is 10.3. The first-order chi connectivity index (χ1) is 9.26. The summed E-state index contributed by atoms with van der Waals surface area (Å²) in [4.78, 5) is 11.2. The molecule has 0 bridgehead atoms. The van der Waals surface area contributed by atoms with Crippen LogP contribution in [-0.4, -0.2) is 29.6 Å². The largest absolute Gasteiger partial charge is 0.369 e. The second-order valence-corrected chi connectivity index (χ2v) is 5.97. The van der Waals surface area contributed by atoms with Crippen molar-refractivity contribution in [3.05, 3.63) is 10.8 Å². The third-order valence-corrected chi connectivity index (χ3v) is 4.01. The minimum Gasteiger partial charge on any atom is -0.369 e. The van der Waals surface area contributed by atoms with Gasteiger partial charge in [0, 0.05) is 19.6 Å². The van der Waals surface area contributed by atoms with Gasteiger partial charge < -0.3 is 10.2 Å². The maximum absolute atomic E-state index is 4.47. The van der Waals surface area contributed by atoms with Crippen molar-refractivity contribution in [3.8, 4) is 0 Å². The van der Waals surface area contributed by atoms with Crippen molar-refractivity contribution in [1.29, 1.82) is 0 Å². The highest BCUT2D eigenvalue weighted by molar-refractivity contribution is 9.10. The number of nitrogens with zero attached hydrogens (tertiary/aromatic N) is 3. The van der Waals surface area contributed by atoms with Crippen molar-refractivity contribution < 1.29 is 0 Å². The molecule has 1 saturated carbocycles. The zero-order valence-electron chi connectivity index (χ0n) is 11.8. The Balaban J connectivity index is 2.14. The van der Waals surface area contributed by atoms with Gasteiger partial charge in [0.15, 0.2) is 0 Å². The molecule has 1 aliphatic rings. The van der Waals surface area contributed by atoms with E-state index in [1.165, 1.54) is 12.8 Å². The summed E-state index contributed by atoms with van der Waals surface area (Å²) in [6.07, 6.45) is 6.62. The molecule has 2 rings (SSSR count). The van der Waals surface area contributed by atoms with E-state index in [0.717, 1.165) is 54.5 Å². The lowest BCUT2D eigenvalue weighted by Crippen LogP contribution is -2.28. The Morgan fingerprint density at radius 1 is 1.32 bits per heavy atom. The molecule has 4 nitrogen and oxygen atoms in total. The van der Waals surface area contributed by atoms with Crippen LogP contribution in [0.15, 0.2) is 10.8 Å². The molecule has 1 aliphatic carbocycles. The minimum absolute atomic E-state index is 0.862. The van der Waals surface area contributed by atoms with Crippen LogP contribution in [0.3, 0.4) is 0 Å². The van der Waals surface area contributed by atoms with E-state index in [-0.39, 0.29) is 0 Å². The first-order valence-electron chi connectivity index (χ1n) is 7.25. The van der Waals surface area contributed by atoms with Crippen molar-refractivity contribution in [2.24, 2.45) is 5.92 Å². The van der Waals surface area contributed by atoms with Crippen LogP contribution in [0, 0.1) is 5.92 Å². The van der Waals surface area contributed by atoms with Crippen LogP contribution in [0.5, 0.6) is 0 Å². The molecule has 0 aromatic carbocycles. The van der Waals surface area contributed by atoms with Crippen LogP contribution in [-0.2, 0) is 0 Å². The molecule has 106 valence electrons. The van der Waals surface area contributed by atoms with E-state index in [1.807, 2.05) is 0 Å². The Morgan fingerprint density at radius 3 is 2.74 bits per heavy atom. The molecule has 1 N–H and O–H groups in total. The summed E-state index contributed by atoms with van der Waals surface area (Å²) in [5, 5.41) is 3.34. The van der Waals surface area contributed by atoms with Crippen LogP contribution in [0.1, 0.15) is 39.5 Å².